The summed E-state index contributed by atoms with van der Waals surface area (Å²) in [5, 5.41) is 8.32. The van der Waals surface area contributed by atoms with Gasteiger partial charge in [-0.05, 0) is 60.6 Å². The highest BCUT2D eigenvalue weighted by molar-refractivity contribution is 5.81. The average Bonchev–Trinajstić information content (AvgIpc) is 3.35. The van der Waals surface area contributed by atoms with E-state index in [9.17, 15) is 0 Å². The first-order valence-corrected chi connectivity index (χ1v) is 9.77. The first kappa shape index (κ1) is 16.9. The number of aryl methyl sites for hydroxylation is 3. The van der Waals surface area contributed by atoms with Gasteiger partial charge < -0.3 is 0 Å². The van der Waals surface area contributed by atoms with E-state index in [-0.39, 0.29) is 0 Å². The Morgan fingerprint density at radius 2 is 2.00 bits per heavy atom. The van der Waals surface area contributed by atoms with Gasteiger partial charge in [0.15, 0.2) is 0 Å². The highest BCUT2D eigenvalue weighted by Gasteiger charge is 2.09. The molecule has 2 aromatic carbocycles. The number of nitrogens with zero attached hydrogens (tertiary/aromatic N) is 3. The standard InChI is InChI=1S/C24H22N4/c1-16-12-21(11-9-17-8-10-18-4-2-5-19(18)13-17)27-24(26-16)14-20-6-3-7-23-22(20)15-25-28-23/h2-3,5-8,10,12-13,15H,4,9,11,14H2,1H3,(H,25,28). The molecule has 4 nitrogen and oxygen atoms in total. The van der Waals surface area contributed by atoms with Crippen LogP contribution in [0.15, 0.2) is 54.7 Å². The molecular formula is C24H22N4. The number of hydrogen-bond donors (Lipinski definition) is 1. The normalized spacial score (nSPS) is 12.6. The molecule has 138 valence electrons. The Labute approximate surface area is 164 Å². The van der Waals surface area contributed by atoms with Crippen molar-refractivity contribution in [2.24, 2.45) is 0 Å². The number of hydrogen-bond acceptors (Lipinski definition) is 3. The SMILES string of the molecule is Cc1cc(CCc2ccc3c(c2)C=CC3)nc(Cc2cccc3[nH]ncc23)n1. The topological polar surface area (TPSA) is 54.5 Å². The lowest BCUT2D eigenvalue weighted by molar-refractivity contribution is 0.848. The van der Waals surface area contributed by atoms with Crippen LogP contribution < -0.4 is 0 Å². The first-order chi connectivity index (χ1) is 13.7. The zero-order valence-corrected chi connectivity index (χ0v) is 15.9. The second kappa shape index (κ2) is 7.04. The number of H-pyrrole nitrogens is 1. The molecule has 1 aliphatic rings. The van der Waals surface area contributed by atoms with E-state index >= 15 is 0 Å². The van der Waals surface area contributed by atoms with Crippen molar-refractivity contribution in [2.75, 3.05) is 0 Å². The van der Waals surface area contributed by atoms with Gasteiger partial charge in [0, 0.05) is 23.2 Å². The molecule has 28 heavy (non-hydrogen) atoms. The summed E-state index contributed by atoms with van der Waals surface area (Å²) in [6.07, 6.45) is 10.0. The zero-order valence-electron chi connectivity index (χ0n) is 15.9. The van der Waals surface area contributed by atoms with Crippen molar-refractivity contribution in [2.45, 2.75) is 32.6 Å². The molecule has 0 fully saturated rings. The second-order valence-corrected chi connectivity index (χ2v) is 7.48. The summed E-state index contributed by atoms with van der Waals surface area (Å²) < 4.78 is 0. The van der Waals surface area contributed by atoms with Crippen LogP contribution in [-0.4, -0.2) is 20.2 Å². The predicted octanol–water partition coefficient (Wildman–Crippen LogP) is 4.61. The number of rotatable bonds is 5. The summed E-state index contributed by atoms with van der Waals surface area (Å²) >= 11 is 0. The van der Waals surface area contributed by atoms with E-state index in [0.29, 0.717) is 0 Å². The maximum atomic E-state index is 4.85. The van der Waals surface area contributed by atoms with Gasteiger partial charge in [-0.2, -0.15) is 5.10 Å². The molecule has 0 bridgehead atoms. The van der Waals surface area contributed by atoms with Gasteiger partial charge >= 0.3 is 0 Å². The van der Waals surface area contributed by atoms with Crippen molar-refractivity contribution in [3.05, 3.63) is 94.2 Å². The number of benzene rings is 2. The summed E-state index contributed by atoms with van der Waals surface area (Å²) in [5.41, 5.74) is 8.55. The fourth-order valence-corrected chi connectivity index (χ4v) is 3.99. The third-order valence-electron chi connectivity index (χ3n) is 5.39. The third-order valence-corrected chi connectivity index (χ3v) is 5.39. The van der Waals surface area contributed by atoms with Gasteiger partial charge in [0.25, 0.3) is 0 Å². The maximum Gasteiger partial charge on any atom is 0.133 e. The Morgan fingerprint density at radius 3 is 2.96 bits per heavy atom. The Hall–Kier alpha value is -3.27. The number of allylic oxidation sites excluding steroid dienone is 1. The van der Waals surface area contributed by atoms with Crippen LogP contribution in [-0.2, 0) is 25.7 Å². The Kier molecular flexibility index (Phi) is 4.24. The maximum absolute atomic E-state index is 4.85. The molecule has 4 heteroatoms. The Balaban J connectivity index is 1.35. The molecule has 5 rings (SSSR count). The molecule has 0 saturated carbocycles. The van der Waals surface area contributed by atoms with Crippen molar-refractivity contribution in [3.63, 3.8) is 0 Å². The van der Waals surface area contributed by atoms with Gasteiger partial charge in [-0.1, -0.05) is 42.5 Å². The van der Waals surface area contributed by atoms with E-state index < -0.39 is 0 Å². The molecule has 0 aliphatic heterocycles. The molecule has 1 aliphatic carbocycles. The first-order valence-electron chi connectivity index (χ1n) is 9.77. The van der Waals surface area contributed by atoms with E-state index in [4.69, 9.17) is 4.98 Å². The molecule has 0 saturated heterocycles. The minimum Gasteiger partial charge on any atom is -0.278 e. The Bertz CT molecular complexity index is 1190. The third kappa shape index (κ3) is 3.33. The molecule has 4 aromatic rings. The number of nitrogens with one attached hydrogen (secondary N) is 1. The molecular weight excluding hydrogens is 344 g/mol. The molecule has 0 amide bonds. The molecule has 2 heterocycles. The van der Waals surface area contributed by atoms with Gasteiger partial charge in [-0.15, -0.1) is 0 Å². The summed E-state index contributed by atoms with van der Waals surface area (Å²) in [5.74, 6) is 0.876. The van der Waals surface area contributed by atoms with Crippen LogP contribution in [0.3, 0.4) is 0 Å². The number of fused-ring (bicyclic) bond motifs is 2. The van der Waals surface area contributed by atoms with Crippen molar-refractivity contribution >= 4 is 17.0 Å². The van der Waals surface area contributed by atoms with Crippen molar-refractivity contribution in [1.29, 1.82) is 0 Å². The highest BCUT2D eigenvalue weighted by Crippen LogP contribution is 2.22. The summed E-state index contributed by atoms with van der Waals surface area (Å²) in [6.45, 7) is 2.05. The smallest absolute Gasteiger partial charge is 0.133 e. The van der Waals surface area contributed by atoms with Crippen molar-refractivity contribution < 1.29 is 0 Å². The van der Waals surface area contributed by atoms with Gasteiger partial charge in [0.2, 0.25) is 0 Å². The van der Waals surface area contributed by atoms with E-state index in [1.165, 1.54) is 22.3 Å². The fourth-order valence-electron chi connectivity index (χ4n) is 3.99. The van der Waals surface area contributed by atoms with Crippen molar-refractivity contribution in [1.82, 2.24) is 20.2 Å². The van der Waals surface area contributed by atoms with Crippen LogP contribution in [0, 0.1) is 6.92 Å². The van der Waals surface area contributed by atoms with E-state index in [2.05, 4.69) is 63.7 Å². The van der Waals surface area contributed by atoms with Crippen LogP contribution in [0.25, 0.3) is 17.0 Å². The van der Waals surface area contributed by atoms with Crippen LogP contribution in [0.1, 0.15) is 39.5 Å². The highest BCUT2D eigenvalue weighted by atomic mass is 15.1. The fraction of sp³-hybridized carbons (Fsp3) is 0.208. The van der Waals surface area contributed by atoms with Crippen LogP contribution in [0.4, 0.5) is 0 Å². The van der Waals surface area contributed by atoms with Crippen LogP contribution in [0.2, 0.25) is 0 Å². The summed E-state index contributed by atoms with van der Waals surface area (Å²) in [4.78, 5) is 9.52. The minimum absolute atomic E-state index is 0.717. The average molecular weight is 366 g/mol. The largest absolute Gasteiger partial charge is 0.278 e. The monoisotopic (exact) mass is 366 g/mol. The lowest BCUT2D eigenvalue weighted by atomic mass is 10.0. The molecule has 1 N–H and O–H groups in total. The molecule has 0 unspecified atom stereocenters. The van der Waals surface area contributed by atoms with Gasteiger partial charge in [0.05, 0.1) is 11.7 Å². The molecule has 0 radical (unpaired) electrons. The lowest BCUT2D eigenvalue weighted by Gasteiger charge is -2.08. The minimum atomic E-state index is 0.717. The number of aromatic amines is 1. The molecule has 0 spiro atoms. The van der Waals surface area contributed by atoms with E-state index in [1.54, 1.807) is 0 Å². The molecule has 0 atom stereocenters. The summed E-state index contributed by atoms with van der Waals surface area (Å²) in [7, 11) is 0. The lowest BCUT2D eigenvalue weighted by Crippen LogP contribution is -2.04. The Morgan fingerprint density at radius 1 is 1.04 bits per heavy atom. The van der Waals surface area contributed by atoms with Gasteiger partial charge in [0.1, 0.15) is 5.82 Å². The van der Waals surface area contributed by atoms with Crippen LogP contribution in [0.5, 0.6) is 0 Å². The van der Waals surface area contributed by atoms with Crippen molar-refractivity contribution in [3.8, 4) is 0 Å². The molecule has 2 aromatic heterocycles. The zero-order chi connectivity index (χ0) is 18.9. The quantitative estimate of drug-likeness (QED) is 0.561. The number of aromatic nitrogens is 4. The van der Waals surface area contributed by atoms with Gasteiger partial charge in [-0.3, -0.25) is 5.10 Å². The van der Waals surface area contributed by atoms with E-state index in [0.717, 1.165) is 53.8 Å². The summed E-state index contributed by atoms with van der Waals surface area (Å²) in [6, 6.07) is 15.1. The predicted molar refractivity (Wildman–Crippen MR) is 112 cm³/mol. The second-order valence-electron chi connectivity index (χ2n) is 7.48. The van der Waals surface area contributed by atoms with Gasteiger partial charge in [-0.25, -0.2) is 9.97 Å². The van der Waals surface area contributed by atoms with Crippen LogP contribution >= 0.6 is 0 Å². The van der Waals surface area contributed by atoms with E-state index in [1.807, 2.05) is 19.2 Å².